The van der Waals surface area contributed by atoms with Gasteiger partial charge < -0.3 is 15.7 Å². The largest absolute Gasteiger partial charge is 0.394 e. The first-order valence-electron chi connectivity index (χ1n) is 7.07. The highest BCUT2D eigenvalue weighted by Crippen LogP contribution is 2.39. The average Bonchev–Trinajstić information content (AvgIpc) is 3.08. The molecule has 1 aliphatic heterocycles. The monoisotopic (exact) mass is 240 g/mol. The van der Waals surface area contributed by atoms with Crippen molar-refractivity contribution in [2.24, 2.45) is 17.1 Å². The van der Waals surface area contributed by atoms with E-state index in [9.17, 15) is 5.11 Å². The van der Waals surface area contributed by atoms with Crippen LogP contribution in [0.3, 0.4) is 0 Å². The molecule has 1 heterocycles. The highest BCUT2D eigenvalue weighted by atomic mass is 16.3. The minimum Gasteiger partial charge on any atom is -0.394 e. The molecule has 2 rings (SSSR count). The molecule has 2 fully saturated rings. The number of aliphatic hydroxyl groups excluding tert-OH is 1. The summed E-state index contributed by atoms with van der Waals surface area (Å²) in [6, 6.07) is 0. The normalized spacial score (nSPS) is 29.6. The van der Waals surface area contributed by atoms with Gasteiger partial charge in [-0.1, -0.05) is 13.8 Å². The maximum absolute atomic E-state index is 9.55. The molecule has 0 bridgehead atoms. The molecule has 1 saturated heterocycles. The van der Waals surface area contributed by atoms with E-state index >= 15 is 0 Å². The highest BCUT2D eigenvalue weighted by Gasteiger charge is 2.43. The standard InChI is InChI=1S/C14H28N2O/c1-13(2)6-3-8-16(9-7-13)10-14(15,11-17)12-4-5-12/h12,17H,3-11,15H2,1-2H3. The molecule has 0 amide bonds. The fourth-order valence-corrected chi connectivity index (χ4v) is 3.02. The second-order valence-electron chi connectivity index (χ2n) is 6.96. The molecule has 0 aromatic heterocycles. The van der Waals surface area contributed by atoms with Crippen LogP contribution >= 0.6 is 0 Å². The Kier molecular flexibility index (Phi) is 3.81. The smallest absolute Gasteiger partial charge is 0.0626 e. The molecule has 0 aromatic rings. The molecule has 0 radical (unpaired) electrons. The molecule has 2 aliphatic rings. The molecule has 100 valence electrons. The SMILES string of the molecule is CC1(C)CCCN(CC(N)(CO)C2CC2)CC1. The number of hydrogen-bond acceptors (Lipinski definition) is 3. The summed E-state index contributed by atoms with van der Waals surface area (Å²) in [5.41, 5.74) is 6.50. The first kappa shape index (κ1) is 13.3. The minimum absolute atomic E-state index is 0.136. The number of aliphatic hydroxyl groups is 1. The van der Waals surface area contributed by atoms with Gasteiger partial charge in [-0.3, -0.25) is 0 Å². The Morgan fingerprint density at radius 2 is 2.00 bits per heavy atom. The molecular weight excluding hydrogens is 212 g/mol. The van der Waals surface area contributed by atoms with Gasteiger partial charge in [0.25, 0.3) is 0 Å². The third-order valence-corrected chi connectivity index (χ3v) is 4.64. The molecule has 17 heavy (non-hydrogen) atoms. The predicted molar refractivity (Wildman–Crippen MR) is 70.8 cm³/mol. The third kappa shape index (κ3) is 3.43. The van der Waals surface area contributed by atoms with Crippen LogP contribution in [0.5, 0.6) is 0 Å². The van der Waals surface area contributed by atoms with E-state index in [0.29, 0.717) is 11.3 Å². The fourth-order valence-electron chi connectivity index (χ4n) is 3.02. The van der Waals surface area contributed by atoms with E-state index in [-0.39, 0.29) is 12.1 Å². The molecule has 1 aliphatic carbocycles. The van der Waals surface area contributed by atoms with Gasteiger partial charge in [-0.05, 0) is 56.5 Å². The number of nitrogens with zero attached hydrogens (tertiary/aromatic N) is 1. The van der Waals surface area contributed by atoms with E-state index in [0.717, 1.165) is 19.6 Å². The molecule has 0 aromatic carbocycles. The van der Waals surface area contributed by atoms with Crippen LogP contribution in [0.15, 0.2) is 0 Å². The molecule has 1 saturated carbocycles. The molecular formula is C14H28N2O. The van der Waals surface area contributed by atoms with Gasteiger partial charge >= 0.3 is 0 Å². The Morgan fingerprint density at radius 3 is 2.59 bits per heavy atom. The average molecular weight is 240 g/mol. The lowest BCUT2D eigenvalue weighted by Gasteiger charge is -2.34. The van der Waals surface area contributed by atoms with Gasteiger partial charge in [-0.15, -0.1) is 0 Å². The van der Waals surface area contributed by atoms with Crippen molar-refractivity contribution in [3.05, 3.63) is 0 Å². The zero-order valence-electron chi connectivity index (χ0n) is 11.4. The van der Waals surface area contributed by atoms with Crippen LogP contribution in [0.2, 0.25) is 0 Å². The lowest BCUT2D eigenvalue weighted by atomic mass is 9.85. The van der Waals surface area contributed by atoms with Gasteiger partial charge in [0.05, 0.1) is 12.1 Å². The van der Waals surface area contributed by atoms with E-state index < -0.39 is 0 Å². The lowest BCUT2D eigenvalue weighted by Crippen LogP contribution is -2.55. The highest BCUT2D eigenvalue weighted by molar-refractivity contribution is 5.00. The second kappa shape index (κ2) is 4.87. The molecule has 1 unspecified atom stereocenters. The van der Waals surface area contributed by atoms with Gasteiger partial charge in [0.2, 0.25) is 0 Å². The van der Waals surface area contributed by atoms with Crippen LogP contribution in [0.25, 0.3) is 0 Å². The minimum atomic E-state index is -0.339. The Labute approximate surface area is 105 Å². The van der Waals surface area contributed by atoms with Gasteiger partial charge in [-0.2, -0.15) is 0 Å². The maximum Gasteiger partial charge on any atom is 0.0626 e. The fraction of sp³-hybridized carbons (Fsp3) is 1.00. The lowest BCUT2D eigenvalue weighted by molar-refractivity contribution is 0.120. The van der Waals surface area contributed by atoms with Crippen LogP contribution in [-0.4, -0.2) is 41.8 Å². The zero-order valence-corrected chi connectivity index (χ0v) is 11.4. The summed E-state index contributed by atoms with van der Waals surface area (Å²) in [5, 5.41) is 9.55. The van der Waals surface area contributed by atoms with Gasteiger partial charge in [0.15, 0.2) is 0 Å². The van der Waals surface area contributed by atoms with E-state index in [1.54, 1.807) is 0 Å². The second-order valence-corrected chi connectivity index (χ2v) is 6.96. The summed E-state index contributed by atoms with van der Waals surface area (Å²) in [4.78, 5) is 2.48. The van der Waals surface area contributed by atoms with Gasteiger partial charge in [0.1, 0.15) is 0 Å². The number of likely N-dealkylation sites (tertiary alicyclic amines) is 1. The Hall–Kier alpha value is -0.120. The van der Waals surface area contributed by atoms with Crippen molar-refractivity contribution in [1.82, 2.24) is 4.90 Å². The van der Waals surface area contributed by atoms with Crippen molar-refractivity contribution >= 4 is 0 Å². The quantitative estimate of drug-likeness (QED) is 0.785. The molecule has 0 spiro atoms. The first-order chi connectivity index (χ1) is 7.95. The Morgan fingerprint density at radius 1 is 1.29 bits per heavy atom. The summed E-state index contributed by atoms with van der Waals surface area (Å²) in [6.45, 7) is 8.02. The van der Waals surface area contributed by atoms with Gasteiger partial charge in [-0.25, -0.2) is 0 Å². The number of rotatable bonds is 4. The summed E-state index contributed by atoms with van der Waals surface area (Å²) >= 11 is 0. The summed E-state index contributed by atoms with van der Waals surface area (Å²) < 4.78 is 0. The van der Waals surface area contributed by atoms with Crippen LogP contribution < -0.4 is 5.73 Å². The van der Waals surface area contributed by atoms with E-state index in [2.05, 4.69) is 18.7 Å². The summed E-state index contributed by atoms with van der Waals surface area (Å²) in [6.07, 6.45) is 6.23. The maximum atomic E-state index is 9.55. The van der Waals surface area contributed by atoms with E-state index in [4.69, 9.17) is 5.73 Å². The number of hydrogen-bond donors (Lipinski definition) is 2. The summed E-state index contributed by atoms with van der Waals surface area (Å²) in [7, 11) is 0. The topological polar surface area (TPSA) is 49.5 Å². The van der Waals surface area contributed by atoms with Crippen molar-refractivity contribution in [2.45, 2.75) is 51.5 Å². The molecule has 3 nitrogen and oxygen atoms in total. The van der Waals surface area contributed by atoms with Crippen molar-refractivity contribution in [2.75, 3.05) is 26.2 Å². The molecule has 1 atom stereocenters. The number of nitrogens with two attached hydrogens (primary N) is 1. The third-order valence-electron chi connectivity index (χ3n) is 4.64. The van der Waals surface area contributed by atoms with Crippen molar-refractivity contribution in [1.29, 1.82) is 0 Å². The van der Waals surface area contributed by atoms with E-state index in [1.807, 2.05) is 0 Å². The zero-order chi connectivity index (χ0) is 12.5. The van der Waals surface area contributed by atoms with E-state index in [1.165, 1.54) is 32.1 Å². The van der Waals surface area contributed by atoms with Crippen LogP contribution in [0.1, 0.15) is 46.0 Å². The predicted octanol–water partition coefficient (Wildman–Crippen LogP) is 1.60. The first-order valence-corrected chi connectivity index (χ1v) is 7.07. The van der Waals surface area contributed by atoms with Crippen molar-refractivity contribution in [3.63, 3.8) is 0 Å². The van der Waals surface area contributed by atoms with Gasteiger partial charge in [0, 0.05) is 6.54 Å². The Bertz CT molecular complexity index is 263. The Balaban J connectivity index is 1.90. The van der Waals surface area contributed by atoms with Crippen molar-refractivity contribution < 1.29 is 5.11 Å². The molecule has 3 heteroatoms. The summed E-state index contributed by atoms with van der Waals surface area (Å²) in [5.74, 6) is 0.559. The van der Waals surface area contributed by atoms with Crippen LogP contribution in [-0.2, 0) is 0 Å². The van der Waals surface area contributed by atoms with Crippen LogP contribution in [0, 0.1) is 11.3 Å². The van der Waals surface area contributed by atoms with Crippen molar-refractivity contribution in [3.8, 4) is 0 Å². The van der Waals surface area contributed by atoms with Crippen LogP contribution in [0.4, 0.5) is 0 Å². The molecule has 3 N–H and O–H groups in total.